The highest BCUT2D eigenvalue weighted by molar-refractivity contribution is 5.79. The zero-order valence-electron chi connectivity index (χ0n) is 8.65. The second-order valence-corrected chi connectivity index (χ2v) is 3.70. The number of hydrogen-bond acceptors (Lipinski definition) is 3. The van der Waals surface area contributed by atoms with Crippen LogP contribution in [0.15, 0.2) is 12.2 Å². The molecule has 1 aliphatic rings. The van der Waals surface area contributed by atoms with Crippen LogP contribution in [0.3, 0.4) is 0 Å². The van der Waals surface area contributed by atoms with Crippen LogP contribution in [0.5, 0.6) is 0 Å². The predicted molar refractivity (Wildman–Crippen MR) is 55.3 cm³/mol. The van der Waals surface area contributed by atoms with Crippen molar-refractivity contribution in [3.8, 4) is 0 Å². The molecule has 0 saturated carbocycles. The van der Waals surface area contributed by atoms with E-state index >= 15 is 0 Å². The van der Waals surface area contributed by atoms with Crippen molar-refractivity contribution in [1.29, 1.82) is 0 Å². The molecule has 4 heteroatoms. The van der Waals surface area contributed by atoms with Crippen LogP contribution in [-0.4, -0.2) is 60.6 Å². The first-order chi connectivity index (χ1) is 6.68. The highest BCUT2D eigenvalue weighted by Gasteiger charge is 2.09. The minimum absolute atomic E-state index is 0.750. The lowest BCUT2D eigenvalue weighted by atomic mass is 10.3. The van der Waals surface area contributed by atoms with Gasteiger partial charge in [-0.25, -0.2) is 4.79 Å². The summed E-state index contributed by atoms with van der Waals surface area (Å²) in [5, 5.41) is 8.43. The Morgan fingerprint density at radius 3 is 2.86 bits per heavy atom. The second kappa shape index (κ2) is 5.78. The number of nitrogens with zero attached hydrogens (tertiary/aromatic N) is 2. The summed E-state index contributed by atoms with van der Waals surface area (Å²) in [5.41, 5.74) is 0. The van der Waals surface area contributed by atoms with Crippen LogP contribution >= 0.6 is 0 Å². The molecule has 0 radical (unpaired) electrons. The lowest BCUT2D eigenvalue weighted by Crippen LogP contribution is -2.29. The number of carboxylic acids is 1. The van der Waals surface area contributed by atoms with Crippen molar-refractivity contribution in [1.82, 2.24) is 9.80 Å². The molecule has 0 amide bonds. The van der Waals surface area contributed by atoms with E-state index < -0.39 is 5.97 Å². The van der Waals surface area contributed by atoms with Gasteiger partial charge in [-0.15, -0.1) is 0 Å². The van der Waals surface area contributed by atoms with Crippen molar-refractivity contribution in [3.05, 3.63) is 12.2 Å². The number of likely N-dealkylation sites (N-methyl/N-ethyl adjacent to an activating group) is 1. The van der Waals surface area contributed by atoms with E-state index in [0.29, 0.717) is 0 Å². The number of hydrogen-bond donors (Lipinski definition) is 1. The minimum atomic E-state index is -0.864. The van der Waals surface area contributed by atoms with Gasteiger partial charge in [0.15, 0.2) is 0 Å². The minimum Gasteiger partial charge on any atom is -0.478 e. The maximum absolute atomic E-state index is 10.2. The monoisotopic (exact) mass is 198 g/mol. The van der Waals surface area contributed by atoms with Gasteiger partial charge in [0.1, 0.15) is 0 Å². The van der Waals surface area contributed by atoms with Gasteiger partial charge in [-0.3, -0.25) is 4.90 Å². The van der Waals surface area contributed by atoms with E-state index in [2.05, 4.69) is 16.8 Å². The Kier molecular flexibility index (Phi) is 4.62. The molecule has 1 heterocycles. The van der Waals surface area contributed by atoms with Crippen LogP contribution in [-0.2, 0) is 4.79 Å². The largest absolute Gasteiger partial charge is 0.478 e. The topological polar surface area (TPSA) is 43.8 Å². The van der Waals surface area contributed by atoms with Crippen LogP contribution in [0.1, 0.15) is 6.42 Å². The fourth-order valence-electron chi connectivity index (χ4n) is 1.59. The number of rotatable bonds is 3. The maximum atomic E-state index is 10.2. The summed E-state index contributed by atoms with van der Waals surface area (Å²) < 4.78 is 0. The molecule has 80 valence electrons. The average molecular weight is 198 g/mol. The standard InChI is InChI=1S/C10H18N2O2/c1-11-5-3-7-12(9-8-11)6-2-4-10(13)14/h2,4H,3,5-9H2,1H3,(H,13,14). The summed E-state index contributed by atoms with van der Waals surface area (Å²) in [6, 6.07) is 0. The average Bonchev–Trinajstić information content (AvgIpc) is 2.30. The molecule has 0 atom stereocenters. The summed E-state index contributed by atoms with van der Waals surface area (Å²) >= 11 is 0. The third-order valence-electron chi connectivity index (χ3n) is 2.44. The predicted octanol–water partition coefficient (Wildman–Crippen LogP) is 0.265. The van der Waals surface area contributed by atoms with Crippen LogP contribution in [0, 0.1) is 0 Å². The van der Waals surface area contributed by atoms with Gasteiger partial charge in [-0.2, -0.15) is 0 Å². The summed E-state index contributed by atoms with van der Waals surface area (Å²) in [6.45, 7) is 5.05. The van der Waals surface area contributed by atoms with E-state index in [1.54, 1.807) is 6.08 Å². The zero-order chi connectivity index (χ0) is 10.4. The van der Waals surface area contributed by atoms with Gasteiger partial charge in [0.2, 0.25) is 0 Å². The summed E-state index contributed by atoms with van der Waals surface area (Å²) in [7, 11) is 2.12. The second-order valence-electron chi connectivity index (χ2n) is 3.70. The normalized spacial score (nSPS) is 21.2. The molecule has 0 unspecified atom stereocenters. The molecule has 0 aliphatic carbocycles. The SMILES string of the molecule is CN1CCCN(CC=CC(=O)O)CC1. The molecule has 14 heavy (non-hydrogen) atoms. The Bertz CT molecular complexity index is 216. The van der Waals surface area contributed by atoms with Crippen molar-refractivity contribution < 1.29 is 9.90 Å². The quantitative estimate of drug-likeness (QED) is 0.661. The molecular formula is C10H18N2O2. The first-order valence-electron chi connectivity index (χ1n) is 4.99. The maximum Gasteiger partial charge on any atom is 0.328 e. The first-order valence-corrected chi connectivity index (χ1v) is 4.99. The van der Waals surface area contributed by atoms with Gasteiger partial charge in [0, 0.05) is 25.7 Å². The van der Waals surface area contributed by atoms with Crippen LogP contribution in [0.4, 0.5) is 0 Å². The molecule has 1 N–H and O–H groups in total. The van der Waals surface area contributed by atoms with Crippen molar-refractivity contribution >= 4 is 5.97 Å². The van der Waals surface area contributed by atoms with E-state index in [-0.39, 0.29) is 0 Å². The van der Waals surface area contributed by atoms with Gasteiger partial charge in [0.25, 0.3) is 0 Å². The molecule has 1 aliphatic heterocycles. The fraction of sp³-hybridized carbons (Fsp3) is 0.700. The van der Waals surface area contributed by atoms with Crippen molar-refractivity contribution in [2.45, 2.75) is 6.42 Å². The molecule has 4 nitrogen and oxygen atoms in total. The smallest absolute Gasteiger partial charge is 0.328 e. The van der Waals surface area contributed by atoms with Gasteiger partial charge in [-0.1, -0.05) is 6.08 Å². The zero-order valence-corrected chi connectivity index (χ0v) is 8.65. The summed E-state index contributed by atoms with van der Waals surface area (Å²) in [6.07, 6.45) is 4.10. The lowest BCUT2D eigenvalue weighted by Gasteiger charge is -2.17. The summed E-state index contributed by atoms with van der Waals surface area (Å²) in [4.78, 5) is 14.8. The van der Waals surface area contributed by atoms with E-state index in [1.807, 2.05) is 0 Å². The molecule has 0 aromatic rings. The highest BCUT2D eigenvalue weighted by atomic mass is 16.4. The van der Waals surface area contributed by atoms with E-state index in [4.69, 9.17) is 5.11 Å². The highest BCUT2D eigenvalue weighted by Crippen LogP contribution is 2.00. The Balaban J connectivity index is 2.27. The molecule has 1 rings (SSSR count). The number of carboxylic acid groups (broad SMARTS) is 1. The van der Waals surface area contributed by atoms with Crippen molar-refractivity contribution in [3.63, 3.8) is 0 Å². The molecule has 0 aromatic heterocycles. The molecular weight excluding hydrogens is 180 g/mol. The van der Waals surface area contributed by atoms with Gasteiger partial charge >= 0.3 is 5.97 Å². The van der Waals surface area contributed by atoms with E-state index in [0.717, 1.165) is 39.1 Å². The number of aliphatic carboxylic acids is 1. The molecule has 1 saturated heterocycles. The first kappa shape index (κ1) is 11.2. The van der Waals surface area contributed by atoms with Gasteiger partial charge in [0.05, 0.1) is 0 Å². The van der Waals surface area contributed by atoms with Crippen LogP contribution < -0.4 is 0 Å². The third-order valence-corrected chi connectivity index (χ3v) is 2.44. The Morgan fingerprint density at radius 2 is 2.14 bits per heavy atom. The Morgan fingerprint density at radius 1 is 1.36 bits per heavy atom. The molecule has 0 aromatic carbocycles. The van der Waals surface area contributed by atoms with Crippen LogP contribution in [0.25, 0.3) is 0 Å². The molecule has 0 bridgehead atoms. The van der Waals surface area contributed by atoms with Crippen molar-refractivity contribution in [2.24, 2.45) is 0 Å². The third kappa shape index (κ3) is 4.39. The lowest BCUT2D eigenvalue weighted by molar-refractivity contribution is -0.131. The number of carbonyl (C=O) groups is 1. The van der Waals surface area contributed by atoms with Gasteiger partial charge in [-0.05, 0) is 26.6 Å². The van der Waals surface area contributed by atoms with E-state index in [1.165, 1.54) is 6.08 Å². The molecule has 1 fully saturated rings. The Hall–Kier alpha value is -0.870. The van der Waals surface area contributed by atoms with Crippen LogP contribution in [0.2, 0.25) is 0 Å². The van der Waals surface area contributed by atoms with Gasteiger partial charge < -0.3 is 10.0 Å². The van der Waals surface area contributed by atoms with Crippen molar-refractivity contribution in [2.75, 3.05) is 39.8 Å². The Labute approximate surface area is 84.8 Å². The molecule has 0 spiro atoms. The summed E-state index contributed by atoms with van der Waals surface area (Å²) in [5.74, 6) is -0.864. The van der Waals surface area contributed by atoms with E-state index in [9.17, 15) is 4.79 Å². The fourth-order valence-corrected chi connectivity index (χ4v) is 1.59.